The van der Waals surface area contributed by atoms with E-state index < -0.39 is 6.03 Å². The molecule has 6 nitrogen and oxygen atoms in total. The Labute approximate surface area is 166 Å². The quantitative estimate of drug-likeness (QED) is 0.428. The van der Waals surface area contributed by atoms with Gasteiger partial charge in [-0.25, -0.2) is 9.78 Å². The number of amides is 2. The molecular weight excluding hydrogens is 416 g/mol. The largest absolute Gasteiger partial charge is 0.378 e. The van der Waals surface area contributed by atoms with Gasteiger partial charge in [0.15, 0.2) is 10.9 Å². The van der Waals surface area contributed by atoms with Crippen molar-refractivity contribution in [1.29, 1.82) is 0 Å². The van der Waals surface area contributed by atoms with Crippen LogP contribution >= 0.6 is 27.3 Å². The summed E-state index contributed by atoms with van der Waals surface area (Å²) in [5.74, 6) is 0.0365. The molecule has 2 N–H and O–H groups in total. The van der Waals surface area contributed by atoms with Crippen LogP contribution in [-0.2, 0) is 0 Å². The third-order valence-electron chi connectivity index (χ3n) is 3.77. The molecule has 0 radical (unpaired) electrons. The third kappa shape index (κ3) is 5.81. The van der Waals surface area contributed by atoms with E-state index in [1.54, 1.807) is 12.3 Å². The molecule has 1 aromatic heterocycles. The normalized spacial score (nSPS) is 10.5. The average molecular weight is 439 g/mol. The van der Waals surface area contributed by atoms with E-state index in [1.165, 1.54) is 11.3 Å². The maximum atomic E-state index is 12.7. The molecule has 140 valence electrons. The van der Waals surface area contributed by atoms with Gasteiger partial charge in [-0.3, -0.25) is 10.1 Å². The van der Waals surface area contributed by atoms with Crippen LogP contribution in [0.15, 0.2) is 28.2 Å². The van der Waals surface area contributed by atoms with Gasteiger partial charge in [-0.15, -0.1) is 0 Å². The smallest absolute Gasteiger partial charge is 0.325 e. The van der Waals surface area contributed by atoms with Gasteiger partial charge in [0.2, 0.25) is 0 Å². The summed E-state index contributed by atoms with van der Waals surface area (Å²) in [5, 5.41) is 5.92. The summed E-state index contributed by atoms with van der Waals surface area (Å²) < 4.78 is 0.829. The Hall–Kier alpha value is -1.93. The fraction of sp³-hybridized carbons (Fsp3) is 0.389. The summed E-state index contributed by atoms with van der Waals surface area (Å²) in [6.45, 7) is 2.10. The number of urea groups is 1. The highest BCUT2D eigenvalue weighted by Gasteiger charge is 2.15. The van der Waals surface area contributed by atoms with Crippen molar-refractivity contribution in [2.24, 2.45) is 0 Å². The number of nitrogens with zero attached hydrogens (tertiary/aromatic N) is 2. The molecule has 2 rings (SSSR count). The Bertz CT molecular complexity index is 776. The average Bonchev–Trinajstić information content (AvgIpc) is 2.99. The zero-order valence-corrected chi connectivity index (χ0v) is 17.5. The Morgan fingerprint density at radius 2 is 2.00 bits per heavy atom. The number of nitrogens with one attached hydrogen (secondary N) is 2. The van der Waals surface area contributed by atoms with Gasteiger partial charge in [0.05, 0.1) is 15.7 Å². The first-order valence-electron chi connectivity index (χ1n) is 8.44. The van der Waals surface area contributed by atoms with Crippen LogP contribution in [0, 0.1) is 0 Å². The zero-order chi connectivity index (χ0) is 19.1. The van der Waals surface area contributed by atoms with E-state index in [-0.39, 0.29) is 5.78 Å². The number of rotatable bonds is 8. The lowest BCUT2D eigenvalue weighted by Gasteiger charge is -2.17. The fourth-order valence-corrected chi connectivity index (χ4v) is 3.48. The Kier molecular flexibility index (Phi) is 7.59. The third-order valence-corrected chi connectivity index (χ3v) is 5.17. The highest BCUT2D eigenvalue weighted by molar-refractivity contribution is 9.11. The number of aromatic nitrogens is 1. The lowest BCUT2D eigenvalue weighted by atomic mass is 10.0. The summed E-state index contributed by atoms with van der Waals surface area (Å²) in [6.07, 6.45) is 5.01. The van der Waals surface area contributed by atoms with Crippen LogP contribution in [0.5, 0.6) is 0 Å². The number of carbonyl (C=O) groups excluding carboxylic acids is 2. The van der Waals surface area contributed by atoms with E-state index in [1.807, 2.05) is 31.1 Å². The second kappa shape index (κ2) is 9.68. The number of carbonyl (C=O) groups is 2. The lowest BCUT2D eigenvalue weighted by molar-refractivity contribution is 0.0980. The number of ketones is 1. The molecule has 0 unspecified atom stereocenters. The van der Waals surface area contributed by atoms with Crippen molar-refractivity contribution in [1.82, 2.24) is 4.98 Å². The number of halogens is 1. The van der Waals surface area contributed by atoms with Crippen molar-refractivity contribution in [3.05, 3.63) is 33.7 Å². The number of anilines is 3. The van der Waals surface area contributed by atoms with Gasteiger partial charge in [0, 0.05) is 31.8 Å². The molecule has 2 aromatic rings. The van der Waals surface area contributed by atoms with Gasteiger partial charge < -0.3 is 10.2 Å². The summed E-state index contributed by atoms with van der Waals surface area (Å²) in [6, 6.07) is 5.04. The number of unbranched alkanes of at least 4 members (excludes halogenated alkanes) is 2. The predicted octanol–water partition coefficient (Wildman–Crippen LogP) is 5.38. The standard InChI is InChI=1S/C18H23BrN4O2S/c1-4-5-6-7-15(24)13-10-12(23(2)3)8-9-14(13)21-17(25)22-18-20-11-16(19)26-18/h8-11H,4-7H2,1-3H3,(H2,20,21,22,25). The molecule has 0 saturated carbocycles. The van der Waals surface area contributed by atoms with Crippen molar-refractivity contribution >= 4 is 55.6 Å². The molecule has 1 aromatic carbocycles. The Morgan fingerprint density at radius 1 is 1.23 bits per heavy atom. The predicted molar refractivity (Wildman–Crippen MR) is 112 cm³/mol. The van der Waals surface area contributed by atoms with E-state index in [0.717, 1.165) is 28.7 Å². The Balaban J connectivity index is 2.17. The minimum atomic E-state index is -0.424. The second-order valence-electron chi connectivity index (χ2n) is 6.05. The van der Waals surface area contributed by atoms with Crippen molar-refractivity contribution in [3.63, 3.8) is 0 Å². The zero-order valence-electron chi connectivity index (χ0n) is 15.1. The van der Waals surface area contributed by atoms with Crippen molar-refractivity contribution in [2.45, 2.75) is 32.6 Å². The van der Waals surface area contributed by atoms with Crippen LogP contribution in [0.1, 0.15) is 43.0 Å². The SMILES string of the molecule is CCCCCC(=O)c1cc(N(C)C)ccc1NC(=O)Nc1ncc(Br)s1. The first-order valence-corrected chi connectivity index (χ1v) is 10.1. The first kappa shape index (κ1) is 20.4. The molecule has 0 aliphatic carbocycles. The second-order valence-corrected chi connectivity index (χ2v) is 8.46. The van der Waals surface area contributed by atoms with Crippen LogP contribution < -0.4 is 15.5 Å². The number of hydrogen-bond acceptors (Lipinski definition) is 5. The number of hydrogen-bond donors (Lipinski definition) is 2. The van der Waals surface area contributed by atoms with Crippen molar-refractivity contribution < 1.29 is 9.59 Å². The summed E-state index contributed by atoms with van der Waals surface area (Å²) >= 11 is 4.62. The van der Waals surface area contributed by atoms with Crippen LogP contribution in [0.3, 0.4) is 0 Å². The van der Waals surface area contributed by atoms with Gasteiger partial charge in [0.1, 0.15) is 0 Å². The van der Waals surface area contributed by atoms with E-state index in [2.05, 4.69) is 38.5 Å². The molecule has 26 heavy (non-hydrogen) atoms. The van der Waals surface area contributed by atoms with Crippen LogP contribution in [0.4, 0.5) is 21.3 Å². The number of benzene rings is 1. The number of Topliss-reactive ketones (excluding diaryl/α,β-unsaturated/α-hetero) is 1. The first-order chi connectivity index (χ1) is 12.4. The molecular formula is C18H23BrN4O2S. The summed E-state index contributed by atoms with van der Waals surface area (Å²) in [7, 11) is 3.83. The molecule has 0 spiro atoms. The maximum absolute atomic E-state index is 12.7. The molecule has 1 heterocycles. The van der Waals surface area contributed by atoms with Crippen LogP contribution in [0.2, 0.25) is 0 Å². The summed E-state index contributed by atoms with van der Waals surface area (Å²) in [5.41, 5.74) is 1.95. The molecule has 0 atom stereocenters. The highest BCUT2D eigenvalue weighted by atomic mass is 79.9. The van der Waals surface area contributed by atoms with Gasteiger partial charge in [-0.1, -0.05) is 31.1 Å². The lowest BCUT2D eigenvalue weighted by Crippen LogP contribution is -2.21. The molecule has 0 saturated heterocycles. The van der Waals surface area contributed by atoms with Gasteiger partial charge in [-0.05, 0) is 40.5 Å². The minimum Gasteiger partial charge on any atom is -0.378 e. The fourth-order valence-electron chi connectivity index (χ4n) is 2.38. The van der Waals surface area contributed by atoms with Crippen LogP contribution in [-0.4, -0.2) is 30.9 Å². The van der Waals surface area contributed by atoms with E-state index >= 15 is 0 Å². The van der Waals surface area contributed by atoms with Gasteiger partial charge in [0.25, 0.3) is 0 Å². The summed E-state index contributed by atoms with van der Waals surface area (Å²) in [4.78, 5) is 30.9. The Morgan fingerprint density at radius 3 is 2.62 bits per heavy atom. The van der Waals surface area contributed by atoms with Gasteiger partial charge in [-0.2, -0.15) is 0 Å². The van der Waals surface area contributed by atoms with E-state index in [0.29, 0.717) is 22.8 Å². The van der Waals surface area contributed by atoms with Crippen molar-refractivity contribution in [2.75, 3.05) is 29.6 Å². The molecule has 0 aliphatic heterocycles. The van der Waals surface area contributed by atoms with Crippen molar-refractivity contribution in [3.8, 4) is 0 Å². The molecule has 0 fully saturated rings. The number of thiazole rings is 1. The minimum absolute atomic E-state index is 0.0365. The van der Waals surface area contributed by atoms with E-state index in [9.17, 15) is 9.59 Å². The molecule has 0 bridgehead atoms. The van der Waals surface area contributed by atoms with Gasteiger partial charge >= 0.3 is 6.03 Å². The highest BCUT2D eigenvalue weighted by Crippen LogP contribution is 2.26. The van der Waals surface area contributed by atoms with E-state index in [4.69, 9.17) is 0 Å². The monoisotopic (exact) mass is 438 g/mol. The molecule has 8 heteroatoms. The molecule has 0 aliphatic rings. The molecule has 2 amide bonds. The van der Waals surface area contributed by atoms with Crippen LogP contribution in [0.25, 0.3) is 0 Å². The topological polar surface area (TPSA) is 74.3 Å². The maximum Gasteiger partial charge on any atom is 0.325 e.